The standard InChI is InChI=1S/C26H34ClNO/c1-3-28(4-2)19-20-29-24-17-15-22(16-18-24)25(21-11-7-5-8-12-21)26(27)23-13-9-6-10-14-23/h5-7,9-11,13,15,17-18,22-23H,3-4,8,12,14,16,19-20H2,1-2H3/b26-25+/t22-,23?/m0/s1. The molecule has 3 aliphatic rings. The third kappa shape index (κ3) is 6.10. The van der Waals surface area contributed by atoms with Gasteiger partial charge in [0, 0.05) is 23.4 Å². The van der Waals surface area contributed by atoms with E-state index in [2.05, 4.69) is 79.5 Å². The first-order chi connectivity index (χ1) is 14.2. The zero-order valence-electron chi connectivity index (χ0n) is 17.8. The van der Waals surface area contributed by atoms with E-state index >= 15 is 0 Å². The molecule has 0 aromatic rings. The van der Waals surface area contributed by atoms with Crippen LogP contribution in [0.4, 0.5) is 0 Å². The molecule has 1 unspecified atom stereocenters. The zero-order chi connectivity index (χ0) is 20.5. The molecule has 0 amide bonds. The summed E-state index contributed by atoms with van der Waals surface area (Å²) in [6.07, 6.45) is 26.0. The van der Waals surface area contributed by atoms with Crippen molar-refractivity contribution in [3.63, 3.8) is 0 Å². The predicted octanol–water partition coefficient (Wildman–Crippen LogP) is 6.71. The largest absolute Gasteiger partial charge is 0.493 e. The van der Waals surface area contributed by atoms with Crippen molar-refractivity contribution in [2.45, 2.75) is 39.5 Å². The van der Waals surface area contributed by atoms with E-state index in [4.69, 9.17) is 16.3 Å². The minimum atomic E-state index is 0.285. The van der Waals surface area contributed by atoms with Crippen molar-refractivity contribution < 1.29 is 4.74 Å². The van der Waals surface area contributed by atoms with Crippen LogP contribution in [0.2, 0.25) is 0 Å². The van der Waals surface area contributed by atoms with Gasteiger partial charge >= 0.3 is 0 Å². The van der Waals surface area contributed by atoms with Crippen LogP contribution in [0.3, 0.4) is 0 Å². The highest BCUT2D eigenvalue weighted by atomic mass is 35.5. The van der Waals surface area contributed by atoms with Gasteiger partial charge in [-0.1, -0.05) is 74.1 Å². The molecule has 0 aliphatic heterocycles. The molecule has 0 bridgehead atoms. The molecule has 3 aliphatic carbocycles. The molecule has 2 atom stereocenters. The summed E-state index contributed by atoms with van der Waals surface area (Å²) < 4.78 is 6.00. The first-order valence-electron chi connectivity index (χ1n) is 11.0. The normalized spacial score (nSPS) is 24.4. The van der Waals surface area contributed by atoms with Crippen molar-refractivity contribution in [2.24, 2.45) is 11.8 Å². The molecule has 0 saturated carbocycles. The molecule has 0 N–H and O–H groups in total. The smallest absolute Gasteiger partial charge is 0.115 e. The Labute approximate surface area is 181 Å². The molecule has 2 nitrogen and oxygen atoms in total. The maximum Gasteiger partial charge on any atom is 0.115 e. The SMILES string of the molecule is CCN(CC)CCOC1=CC[C@@H](/C(C2=CC=CCC2)=C(/Cl)C2C=CC=CC2)C=C1. The molecule has 0 radical (unpaired) electrons. The predicted molar refractivity (Wildman–Crippen MR) is 125 cm³/mol. The van der Waals surface area contributed by atoms with Crippen molar-refractivity contribution in [3.05, 3.63) is 82.7 Å². The summed E-state index contributed by atoms with van der Waals surface area (Å²) in [6, 6.07) is 0. The average Bonchev–Trinajstić information content (AvgIpc) is 2.79. The van der Waals surface area contributed by atoms with E-state index < -0.39 is 0 Å². The number of halogens is 1. The van der Waals surface area contributed by atoms with E-state index in [9.17, 15) is 0 Å². The van der Waals surface area contributed by atoms with Crippen LogP contribution in [-0.2, 0) is 4.74 Å². The van der Waals surface area contributed by atoms with Crippen LogP contribution in [-0.4, -0.2) is 31.1 Å². The van der Waals surface area contributed by atoms with Crippen LogP contribution < -0.4 is 0 Å². The van der Waals surface area contributed by atoms with E-state index in [1.165, 1.54) is 11.1 Å². The summed E-state index contributed by atoms with van der Waals surface area (Å²) in [5, 5.41) is 1.00. The Morgan fingerprint density at radius 1 is 1.07 bits per heavy atom. The van der Waals surface area contributed by atoms with Gasteiger partial charge in [0.25, 0.3) is 0 Å². The highest BCUT2D eigenvalue weighted by Gasteiger charge is 2.24. The molecular formula is C26H34ClNO. The lowest BCUT2D eigenvalue weighted by molar-refractivity contribution is 0.170. The first-order valence-corrected chi connectivity index (χ1v) is 11.4. The van der Waals surface area contributed by atoms with Gasteiger partial charge in [-0.2, -0.15) is 0 Å². The fraction of sp³-hybridized carbons (Fsp3) is 0.462. The van der Waals surface area contributed by atoms with Gasteiger partial charge in [-0.15, -0.1) is 0 Å². The Morgan fingerprint density at radius 2 is 1.93 bits per heavy atom. The van der Waals surface area contributed by atoms with Gasteiger partial charge in [-0.05, 0) is 62.1 Å². The lowest BCUT2D eigenvalue weighted by atomic mass is 9.81. The van der Waals surface area contributed by atoms with E-state index in [1.54, 1.807) is 0 Å². The lowest BCUT2D eigenvalue weighted by Crippen LogP contribution is -2.27. The topological polar surface area (TPSA) is 12.5 Å². The van der Waals surface area contributed by atoms with Crippen LogP contribution in [0.25, 0.3) is 0 Å². The number of hydrogen-bond donors (Lipinski definition) is 0. The fourth-order valence-corrected chi connectivity index (χ4v) is 4.54. The maximum atomic E-state index is 7.02. The second-order valence-electron chi connectivity index (χ2n) is 7.76. The number of rotatable bonds is 9. The molecule has 0 heterocycles. The number of ether oxygens (including phenoxy) is 1. The Bertz CT molecular complexity index is 762. The van der Waals surface area contributed by atoms with Crippen molar-refractivity contribution in [3.8, 4) is 0 Å². The zero-order valence-corrected chi connectivity index (χ0v) is 18.6. The number of allylic oxidation sites excluding steroid dienone is 13. The van der Waals surface area contributed by atoms with Gasteiger partial charge in [0.1, 0.15) is 12.4 Å². The molecule has 0 aromatic carbocycles. The molecule has 156 valence electrons. The molecular weight excluding hydrogens is 378 g/mol. The van der Waals surface area contributed by atoms with Gasteiger partial charge in [0.15, 0.2) is 0 Å². The van der Waals surface area contributed by atoms with Crippen molar-refractivity contribution >= 4 is 11.6 Å². The van der Waals surface area contributed by atoms with E-state index in [0.29, 0.717) is 5.92 Å². The van der Waals surface area contributed by atoms with E-state index in [-0.39, 0.29) is 5.92 Å². The van der Waals surface area contributed by atoms with Crippen molar-refractivity contribution in [1.29, 1.82) is 0 Å². The van der Waals surface area contributed by atoms with Gasteiger partial charge < -0.3 is 9.64 Å². The quantitative estimate of drug-likeness (QED) is 0.418. The van der Waals surface area contributed by atoms with Crippen LogP contribution in [0.15, 0.2) is 82.7 Å². The number of nitrogens with zero attached hydrogens (tertiary/aromatic N) is 1. The molecule has 0 spiro atoms. The summed E-state index contributed by atoms with van der Waals surface area (Å²) >= 11 is 7.02. The first kappa shape index (κ1) is 21.9. The molecule has 0 aromatic heterocycles. The van der Waals surface area contributed by atoms with Crippen LogP contribution in [0.5, 0.6) is 0 Å². The highest BCUT2D eigenvalue weighted by Crippen LogP contribution is 2.39. The lowest BCUT2D eigenvalue weighted by Gasteiger charge is -2.27. The highest BCUT2D eigenvalue weighted by molar-refractivity contribution is 6.30. The Morgan fingerprint density at radius 3 is 2.55 bits per heavy atom. The van der Waals surface area contributed by atoms with Crippen LogP contribution in [0, 0.1) is 11.8 Å². The monoisotopic (exact) mass is 411 g/mol. The Kier molecular flexibility index (Phi) is 8.64. The van der Waals surface area contributed by atoms with Gasteiger partial charge in [-0.3, -0.25) is 0 Å². The minimum absolute atomic E-state index is 0.285. The number of hydrogen-bond acceptors (Lipinski definition) is 2. The van der Waals surface area contributed by atoms with Crippen LogP contribution >= 0.6 is 11.6 Å². The second kappa shape index (κ2) is 11.4. The number of likely N-dealkylation sites (N-methyl/N-ethyl adjacent to an activating group) is 1. The molecule has 29 heavy (non-hydrogen) atoms. The van der Waals surface area contributed by atoms with Gasteiger partial charge in [-0.25, -0.2) is 0 Å². The summed E-state index contributed by atoms with van der Waals surface area (Å²) in [6.45, 7) is 8.23. The van der Waals surface area contributed by atoms with Crippen molar-refractivity contribution in [1.82, 2.24) is 4.90 Å². The Hall–Kier alpha value is -1.77. The third-order valence-corrected chi connectivity index (χ3v) is 6.41. The average molecular weight is 412 g/mol. The van der Waals surface area contributed by atoms with Gasteiger partial charge in [0.2, 0.25) is 0 Å². The van der Waals surface area contributed by atoms with Crippen molar-refractivity contribution in [2.75, 3.05) is 26.2 Å². The van der Waals surface area contributed by atoms with E-state index in [0.717, 1.165) is 62.7 Å². The summed E-state index contributed by atoms with van der Waals surface area (Å²) in [5.41, 5.74) is 2.70. The summed E-state index contributed by atoms with van der Waals surface area (Å²) in [5.74, 6) is 1.59. The minimum Gasteiger partial charge on any atom is -0.493 e. The third-order valence-electron chi connectivity index (χ3n) is 5.93. The molecule has 3 heteroatoms. The van der Waals surface area contributed by atoms with Crippen LogP contribution in [0.1, 0.15) is 39.5 Å². The van der Waals surface area contributed by atoms with Gasteiger partial charge in [0.05, 0.1) is 0 Å². The Balaban J connectivity index is 1.70. The summed E-state index contributed by atoms with van der Waals surface area (Å²) in [4.78, 5) is 2.38. The van der Waals surface area contributed by atoms with E-state index in [1.807, 2.05) is 0 Å². The second-order valence-corrected chi connectivity index (χ2v) is 8.17. The molecule has 3 rings (SSSR count). The molecule has 0 fully saturated rings. The summed E-state index contributed by atoms with van der Waals surface area (Å²) in [7, 11) is 0. The molecule has 0 saturated heterocycles. The fourth-order valence-electron chi connectivity index (χ4n) is 4.12. The maximum absolute atomic E-state index is 7.02.